The Hall–Kier alpha value is -0.540. The molecule has 1 aliphatic carbocycles. The Morgan fingerprint density at radius 1 is 1.39 bits per heavy atom. The lowest BCUT2D eigenvalue weighted by Gasteiger charge is -2.16. The van der Waals surface area contributed by atoms with Crippen LogP contribution in [0.3, 0.4) is 0 Å². The Kier molecular flexibility index (Phi) is 5.07. The van der Waals surface area contributed by atoms with Crippen LogP contribution in [-0.4, -0.2) is 19.7 Å². The minimum absolute atomic E-state index is 0.529. The highest BCUT2D eigenvalue weighted by atomic mass is 79.9. The minimum Gasteiger partial charge on any atom is -0.494 e. The fourth-order valence-corrected chi connectivity index (χ4v) is 2.54. The van der Waals surface area contributed by atoms with E-state index in [1.54, 1.807) is 0 Å². The van der Waals surface area contributed by atoms with Gasteiger partial charge in [-0.05, 0) is 55.8 Å². The summed E-state index contributed by atoms with van der Waals surface area (Å²) in [6.07, 6.45) is 5.08. The first-order valence-corrected chi connectivity index (χ1v) is 7.62. The molecular formula is C15H22BrNO. The van der Waals surface area contributed by atoms with Crippen LogP contribution in [-0.2, 0) is 0 Å². The summed E-state index contributed by atoms with van der Waals surface area (Å²) in [5, 5.41) is 3.53. The number of benzene rings is 1. The predicted octanol–water partition coefficient (Wildman–Crippen LogP) is 4.00. The summed E-state index contributed by atoms with van der Waals surface area (Å²) in [5.74, 6) is 0.960. The number of rotatable bonds is 8. The van der Waals surface area contributed by atoms with Gasteiger partial charge in [0.2, 0.25) is 0 Å². The van der Waals surface area contributed by atoms with Gasteiger partial charge in [-0.1, -0.05) is 28.9 Å². The van der Waals surface area contributed by atoms with E-state index < -0.39 is 0 Å². The standard InChI is InChI=1S/C15H22BrNO/c1-2-9-17-12-15(6-7-15)8-10-18-14-5-3-4-13(16)11-14/h3-5,11,17H,2,6-10,12H2,1H3. The van der Waals surface area contributed by atoms with E-state index in [2.05, 4.69) is 28.2 Å². The van der Waals surface area contributed by atoms with E-state index in [0.29, 0.717) is 5.41 Å². The van der Waals surface area contributed by atoms with Crippen LogP contribution in [0.4, 0.5) is 0 Å². The number of halogens is 1. The summed E-state index contributed by atoms with van der Waals surface area (Å²) in [6.45, 7) is 5.32. The van der Waals surface area contributed by atoms with Crippen LogP contribution < -0.4 is 10.1 Å². The second-order valence-corrected chi connectivity index (χ2v) is 6.15. The van der Waals surface area contributed by atoms with Crippen LogP contribution in [0.2, 0.25) is 0 Å². The minimum atomic E-state index is 0.529. The monoisotopic (exact) mass is 311 g/mol. The van der Waals surface area contributed by atoms with Crippen molar-refractivity contribution in [3.63, 3.8) is 0 Å². The van der Waals surface area contributed by atoms with Crippen molar-refractivity contribution in [2.45, 2.75) is 32.6 Å². The molecule has 2 rings (SSSR count). The van der Waals surface area contributed by atoms with Gasteiger partial charge in [-0.25, -0.2) is 0 Å². The summed E-state index contributed by atoms with van der Waals surface area (Å²) < 4.78 is 6.89. The summed E-state index contributed by atoms with van der Waals surface area (Å²) >= 11 is 3.46. The zero-order chi connectivity index (χ0) is 12.8. The van der Waals surface area contributed by atoms with Gasteiger partial charge >= 0.3 is 0 Å². The summed E-state index contributed by atoms with van der Waals surface area (Å²) in [7, 11) is 0. The third-order valence-electron chi connectivity index (χ3n) is 3.58. The quantitative estimate of drug-likeness (QED) is 0.733. The third-order valence-corrected chi connectivity index (χ3v) is 4.07. The molecule has 1 N–H and O–H groups in total. The van der Waals surface area contributed by atoms with Crippen molar-refractivity contribution in [2.75, 3.05) is 19.7 Å². The molecule has 0 heterocycles. The Morgan fingerprint density at radius 2 is 2.22 bits per heavy atom. The number of hydrogen-bond acceptors (Lipinski definition) is 2. The number of hydrogen-bond donors (Lipinski definition) is 1. The van der Waals surface area contributed by atoms with E-state index in [1.165, 1.54) is 19.3 Å². The van der Waals surface area contributed by atoms with Gasteiger partial charge < -0.3 is 10.1 Å². The summed E-state index contributed by atoms with van der Waals surface area (Å²) in [6, 6.07) is 8.06. The maximum Gasteiger partial charge on any atom is 0.120 e. The first kappa shape index (κ1) is 13.9. The average Bonchev–Trinajstić information content (AvgIpc) is 3.10. The first-order chi connectivity index (χ1) is 8.74. The van der Waals surface area contributed by atoms with Crippen LogP contribution >= 0.6 is 15.9 Å². The molecule has 1 saturated carbocycles. The van der Waals surface area contributed by atoms with Crippen molar-refractivity contribution < 1.29 is 4.74 Å². The Morgan fingerprint density at radius 3 is 2.89 bits per heavy atom. The molecule has 0 aliphatic heterocycles. The molecule has 0 atom stereocenters. The molecule has 0 amide bonds. The van der Waals surface area contributed by atoms with E-state index >= 15 is 0 Å². The lowest BCUT2D eigenvalue weighted by atomic mass is 10.0. The molecule has 0 radical (unpaired) electrons. The van der Waals surface area contributed by atoms with E-state index in [-0.39, 0.29) is 0 Å². The molecule has 0 saturated heterocycles. The second kappa shape index (κ2) is 6.58. The smallest absolute Gasteiger partial charge is 0.120 e. The highest BCUT2D eigenvalue weighted by molar-refractivity contribution is 9.10. The van der Waals surface area contributed by atoms with E-state index in [4.69, 9.17) is 4.74 Å². The average molecular weight is 312 g/mol. The lowest BCUT2D eigenvalue weighted by molar-refractivity contribution is 0.265. The van der Waals surface area contributed by atoms with Crippen LogP contribution in [0.1, 0.15) is 32.6 Å². The molecule has 18 heavy (non-hydrogen) atoms. The first-order valence-electron chi connectivity index (χ1n) is 6.83. The fraction of sp³-hybridized carbons (Fsp3) is 0.600. The van der Waals surface area contributed by atoms with Crippen molar-refractivity contribution in [2.24, 2.45) is 5.41 Å². The Labute approximate surface area is 118 Å². The molecule has 0 unspecified atom stereocenters. The number of ether oxygens (including phenoxy) is 1. The van der Waals surface area contributed by atoms with Crippen LogP contribution in [0, 0.1) is 5.41 Å². The van der Waals surface area contributed by atoms with E-state index in [0.717, 1.165) is 36.3 Å². The predicted molar refractivity (Wildman–Crippen MR) is 79.1 cm³/mol. The van der Waals surface area contributed by atoms with Gasteiger partial charge in [0.25, 0.3) is 0 Å². The van der Waals surface area contributed by atoms with Crippen LogP contribution in [0.15, 0.2) is 28.7 Å². The van der Waals surface area contributed by atoms with Gasteiger partial charge in [0, 0.05) is 11.0 Å². The molecule has 2 nitrogen and oxygen atoms in total. The van der Waals surface area contributed by atoms with Crippen LogP contribution in [0.25, 0.3) is 0 Å². The van der Waals surface area contributed by atoms with E-state index in [1.807, 2.05) is 24.3 Å². The van der Waals surface area contributed by atoms with Gasteiger partial charge in [-0.15, -0.1) is 0 Å². The SMILES string of the molecule is CCCNCC1(CCOc2cccc(Br)c2)CC1. The normalized spacial score (nSPS) is 16.6. The zero-order valence-corrected chi connectivity index (χ0v) is 12.6. The summed E-state index contributed by atoms with van der Waals surface area (Å²) in [4.78, 5) is 0. The summed E-state index contributed by atoms with van der Waals surface area (Å²) in [5.41, 5.74) is 0.529. The van der Waals surface area contributed by atoms with Gasteiger partial charge in [0.15, 0.2) is 0 Å². The molecule has 0 bridgehead atoms. The Balaban J connectivity index is 1.69. The maximum absolute atomic E-state index is 5.81. The highest BCUT2D eigenvalue weighted by Gasteiger charge is 2.41. The number of nitrogens with one attached hydrogen (secondary N) is 1. The topological polar surface area (TPSA) is 21.3 Å². The molecule has 100 valence electrons. The molecule has 1 aliphatic rings. The lowest BCUT2D eigenvalue weighted by Crippen LogP contribution is -2.26. The molecule has 1 aromatic rings. The largest absolute Gasteiger partial charge is 0.494 e. The molecular weight excluding hydrogens is 290 g/mol. The van der Waals surface area contributed by atoms with Gasteiger partial charge in [-0.3, -0.25) is 0 Å². The van der Waals surface area contributed by atoms with Crippen molar-refractivity contribution in [3.05, 3.63) is 28.7 Å². The van der Waals surface area contributed by atoms with Gasteiger partial charge in [0.05, 0.1) is 6.61 Å². The maximum atomic E-state index is 5.81. The van der Waals surface area contributed by atoms with Gasteiger partial charge in [-0.2, -0.15) is 0 Å². The molecule has 0 aromatic heterocycles. The van der Waals surface area contributed by atoms with Gasteiger partial charge in [0.1, 0.15) is 5.75 Å². The van der Waals surface area contributed by atoms with Crippen molar-refractivity contribution >= 4 is 15.9 Å². The third kappa shape index (κ3) is 4.29. The second-order valence-electron chi connectivity index (χ2n) is 5.23. The fourth-order valence-electron chi connectivity index (χ4n) is 2.16. The van der Waals surface area contributed by atoms with E-state index in [9.17, 15) is 0 Å². The molecule has 1 fully saturated rings. The highest BCUT2D eigenvalue weighted by Crippen LogP contribution is 2.48. The van der Waals surface area contributed by atoms with Crippen LogP contribution in [0.5, 0.6) is 5.75 Å². The molecule has 0 spiro atoms. The van der Waals surface area contributed by atoms with Crippen molar-refractivity contribution in [3.8, 4) is 5.75 Å². The van der Waals surface area contributed by atoms with Crippen molar-refractivity contribution in [1.82, 2.24) is 5.32 Å². The van der Waals surface area contributed by atoms with Crippen molar-refractivity contribution in [1.29, 1.82) is 0 Å². The molecule has 1 aromatic carbocycles. The zero-order valence-electron chi connectivity index (χ0n) is 11.0. The Bertz CT molecular complexity index is 377. The molecule has 3 heteroatoms.